The van der Waals surface area contributed by atoms with Gasteiger partial charge in [0.15, 0.2) is 0 Å². The van der Waals surface area contributed by atoms with Gasteiger partial charge in [0.25, 0.3) is 0 Å². The average molecular weight is 258 g/mol. The largest absolute Gasteiger partial charge is 0.495 e. The average Bonchev–Trinajstić information content (AvgIpc) is 2.92. The minimum atomic E-state index is -0.127. The maximum Gasteiger partial charge on any atom is 0.143 e. The maximum atomic E-state index is 9.08. The standard InChI is InChI=1S/C14H14N2O3/c1-18-13-4-2-3-10(7-15)14(13)16-8-11-5-6-12(9-17)19-11/h2-6,16-17H,8-9H2,1H3. The molecular formula is C14H14N2O3. The van der Waals surface area contributed by atoms with E-state index < -0.39 is 0 Å². The van der Waals surface area contributed by atoms with Crippen molar-refractivity contribution in [1.82, 2.24) is 0 Å². The molecule has 0 spiro atoms. The number of nitrogens with zero attached hydrogens (tertiary/aromatic N) is 1. The highest BCUT2D eigenvalue weighted by Crippen LogP contribution is 2.28. The molecule has 0 bridgehead atoms. The highest BCUT2D eigenvalue weighted by atomic mass is 16.5. The monoisotopic (exact) mass is 258 g/mol. The summed E-state index contributed by atoms with van der Waals surface area (Å²) in [4.78, 5) is 0. The number of para-hydroxylation sites is 1. The number of nitrogens with one attached hydrogen (secondary N) is 1. The summed E-state index contributed by atoms with van der Waals surface area (Å²) in [6.45, 7) is 0.285. The number of rotatable bonds is 5. The first kappa shape index (κ1) is 13.0. The quantitative estimate of drug-likeness (QED) is 0.860. The predicted molar refractivity (Wildman–Crippen MR) is 69.7 cm³/mol. The maximum absolute atomic E-state index is 9.08. The van der Waals surface area contributed by atoms with Crippen molar-refractivity contribution in [3.63, 3.8) is 0 Å². The molecule has 1 aromatic heterocycles. The van der Waals surface area contributed by atoms with Crippen LogP contribution < -0.4 is 10.1 Å². The number of anilines is 1. The van der Waals surface area contributed by atoms with Gasteiger partial charge in [-0.3, -0.25) is 0 Å². The normalized spacial score (nSPS) is 9.95. The first-order valence-electron chi connectivity index (χ1n) is 5.78. The van der Waals surface area contributed by atoms with E-state index in [9.17, 15) is 0 Å². The summed E-state index contributed by atoms with van der Waals surface area (Å²) in [5, 5.41) is 21.1. The smallest absolute Gasteiger partial charge is 0.143 e. The van der Waals surface area contributed by atoms with Crippen molar-refractivity contribution in [3.8, 4) is 11.8 Å². The van der Waals surface area contributed by atoms with Gasteiger partial charge in [0.2, 0.25) is 0 Å². The van der Waals surface area contributed by atoms with Gasteiger partial charge in [0, 0.05) is 0 Å². The van der Waals surface area contributed by atoms with Gasteiger partial charge in [-0.05, 0) is 24.3 Å². The van der Waals surface area contributed by atoms with Crippen molar-refractivity contribution < 1.29 is 14.3 Å². The second kappa shape index (κ2) is 5.94. The molecule has 5 heteroatoms. The fourth-order valence-corrected chi connectivity index (χ4v) is 1.75. The molecule has 0 unspecified atom stereocenters. The molecule has 0 atom stereocenters. The van der Waals surface area contributed by atoms with Gasteiger partial charge >= 0.3 is 0 Å². The molecule has 2 N–H and O–H groups in total. The van der Waals surface area contributed by atoms with Crippen LogP contribution in [0.5, 0.6) is 5.75 Å². The fraction of sp³-hybridized carbons (Fsp3) is 0.214. The summed E-state index contributed by atoms with van der Waals surface area (Å²) in [5.74, 6) is 1.80. The van der Waals surface area contributed by atoms with Crippen LogP contribution in [0.25, 0.3) is 0 Å². The molecule has 0 saturated carbocycles. The van der Waals surface area contributed by atoms with Crippen molar-refractivity contribution in [2.75, 3.05) is 12.4 Å². The molecule has 0 saturated heterocycles. The third kappa shape index (κ3) is 2.87. The van der Waals surface area contributed by atoms with E-state index in [1.165, 1.54) is 0 Å². The van der Waals surface area contributed by atoms with Gasteiger partial charge in [0.05, 0.1) is 24.9 Å². The number of aliphatic hydroxyl groups excluding tert-OH is 1. The number of ether oxygens (including phenoxy) is 1. The lowest BCUT2D eigenvalue weighted by Crippen LogP contribution is -2.02. The molecule has 0 amide bonds. The molecule has 1 aromatic carbocycles. The van der Waals surface area contributed by atoms with Crippen molar-refractivity contribution in [2.24, 2.45) is 0 Å². The van der Waals surface area contributed by atoms with E-state index in [0.29, 0.717) is 35.1 Å². The van der Waals surface area contributed by atoms with E-state index in [1.807, 2.05) is 0 Å². The summed E-state index contributed by atoms with van der Waals surface area (Å²) in [6, 6.07) is 10.9. The van der Waals surface area contributed by atoms with E-state index in [-0.39, 0.29) is 6.61 Å². The summed E-state index contributed by atoms with van der Waals surface area (Å²) in [7, 11) is 1.55. The Hall–Kier alpha value is -2.45. The van der Waals surface area contributed by atoms with Gasteiger partial charge in [0.1, 0.15) is 29.9 Å². The molecule has 0 fully saturated rings. The van der Waals surface area contributed by atoms with Crippen LogP contribution in [0.2, 0.25) is 0 Å². The van der Waals surface area contributed by atoms with Gasteiger partial charge < -0.3 is 19.6 Å². The third-order valence-corrected chi connectivity index (χ3v) is 2.68. The van der Waals surface area contributed by atoms with Crippen LogP contribution in [0.15, 0.2) is 34.7 Å². The van der Waals surface area contributed by atoms with Crippen molar-refractivity contribution in [1.29, 1.82) is 5.26 Å². The molecule has 98 valence electrons. The summed E-state index contributed by atoms with van der Waals surface area (Å²) in [5.41, 5.74) is 1.14. The number of hydrogen-bond donors (Lipinski definition) is 2. The predicted octanol–water partition coefficient (Wildman–Crippen LogP) is 2.26. The Labute approximate surface area is 111 Å². The number of methoxy groups -OCH3 is 1. The van der Waals surface area contributed by atoms with E-state index in [4.69, 9.17) is 19.5 Å². The Balaban J connectivity index is 2.16. The summed E-state index contributed by atoms with van der Waals surface area (Å²) >= 11 is 0. The van der Waals surface area contributed by atoms with Gasteiger partial charge in [-0.15, -0.1) is 0 Å². The highest BCUT2D eigenvalue weighted by Gasteiger charge is 2.09. The Kier molecular flexibility index (Phi) is 4.06. The second-order valence-electron chi connectivity index (χ2n) is 3.87. The molecule has 19 heavy (non-hydrogen) atoms. The van der Waals surface area contributed by atoms with Gasteiger partial charge in [-0.1, -0.05) is 6.07 Å². The third-order valence-electron chi connectivity index (χ3n) is 2.68. The Morgan fingerprint density at radius 1 is 1.32 bits per heavy atom. The molecule has 0 aliphatic heterocycles. The molecule has 0 aliphatic carbocycles. The SMILES string of the molecule is COc1cccc(C#N)c1NCc1ccc(CO)o1. The van der Waals surface area contributed by atoms with Crippen molar-refractivity contribution in [3.05, 3.63) is 47.4 Å². The fourth-order valence-electron chi connectivity index (χ4n) is 1.75. The van der Waals surface area contributed by atoms with Crippen LogP contribution in [0.1, 0.15) is 17.1 Å². The molecule has 1 heterocycles. The molecular weight excluding hydrogens is 244 g/mol. The van der Waals surface area contributed by atoms with E-state index in [1.54, 1.807) is 37.4 Å². The lowest BCUT2D eigenvalue weighted by Gasteiger charge is -2.11. The van der Waals surface area contributed by atoms with Gasteiger partial charge in [-0.25, -0.2) is 0 Å². The van der Waals surface area contributed by atoms with Crippen LogP contribution in [0, 0.1) is 11.3 Å². The van der Waals surface area contributed by atoms with Crippen LogP contribution in [0.4, 0.5) is 5.69 Å². The second-order valence-corrected chi connectivity index (χ2v) is 3.87. The minimum Gasteiger partial charge on any atom is -0.495 e. The molecule has 2 rings (SSSR count). The number of furan rings is 1. The Morgan fingerprint density at radius 2 is 2.11 bits per heavy atom. The molecule has 5 nitrogen and oxygen atoms in total. The zero-order valence-electron chi connectivity index (χ0n) is 10.5. The Morgan fingerprint density at radius 3 is 2.74 bits per heavy atom. The molecule has 2 aromatic rings. The number of aliphatic hydroxyl groups is 1. The highest BCUT2D eigenvalue weighted by molar-refractivity contribution is 5.66. The molecule has 0 aliphatic rings. The first-order valence-corrected chi connectivity index (χ1v) is 5.78. The van der Waals surface area contributed by atoms with Crippen LogP contribution in [0.3, 0.4) is 0 Å². The van der Waals surface area contributed by atoms with Crippen LogP contribution in [-0.2, 0) is 13.2 Å². The van der Waals surface area contributed by atoms with Gasteiger partial charge in [-0.2, -0.15) is 5.26 Å². The zero-order valence-corrected chi connectivity index (χ0v) is 10.5. The van der Waals surface area contributed by atoms with Crippen LogP contribution in [-0.4, -0.2) is 12.2 Å². The number of benzene rings is 1. The Bertz CT molecular complexity index is 599. The van der Waals surface area contributed by atoms with E-state index >= 15 is 0 Å². The van der Waals surface area contributed by atoms with E-state index in [0.717, 1.165) is 0 Å². The van der Waals surface area contributed by atoms with E-state index in [2.05, 4.69) is 11.4 Å². The van der Waals surface area contributed by atoms with Crippen molar-refractivity contribution in [2.45, 2.75) is 13.2 Å². The zero-order chi connectivity index (χ0) is 13.7. The van der Waals surface area contributed by atoms with Crippen LogP contribution >= 0.6 is 0 Å². The first-order chi connectivity index (χ1) is 9.28. The topological polar surface area (TPSA) is 78.4 Å². The number of hydrogen-bond acceptors (Lipinski definition) is 5. The lowest BCUT2D eigenvalue weighted by molar-refractivity contribution is 0.244. The number of nitriles is 1. The summed E-state index contributed by atoms with van der Waals surface area (Å²) < 4.78 is 10.6. The van der Waals surface area contributed by atoms with Crippen molar-refractivity contribution >= 4 is 5.69 Å². The molecule has 0 radical (unpaired) electrons. The lowest BCUT2D eigenvalue weighted by atomic mass is 10.1. The summed E-state index contributed by atoms with van der Waals surface area (Å²) in [6.07, 6.45) is 0. The minimum absolute atomic E-state index is 0.127.